The van der Waals surface area contributed by atoms with Crippen LogP contribution >= 0.6 is 15.9 Å². The first-order valence-electron chi connectivity index (χ1n) is 6.13. The Labute approximate surface area is 126 Å². The number of hydrogen-bond donors (Lipinski definition) is 1. The summed E-state index contributed by atoms with van der Waals surface area (Å²) >= 11 is 3.38. The van der Waals surface area contributed by atoms with Crippen molar-refractivity contribution in [3.8, 4) is 6.07 Å². The van der Waals surface area contributed by atoms with Crippen molar-refractivity contribution in [1.29, 1.82) is 5.26 Å². The SMILES string of the molecule is Cc1cc(Br)ccc1C(=O)NCc1ccc(C#N)cc1. The van der Waals surface area contributed by atoms with Gasteiger partial charge in [0.15, 0.2) is 0 Å². The summed E-state index contributed by atoms with van der Waals surface area (Å²) in [6, 6.07) is 14.8. The molecule has 0 heterocycles. The number of carbonyl (C=O) groups is 1. The first-order chi connectivity index (χ1) is 9.60. The molecule has 20 heavy (non-hydrogen) atoms. The minimum Gasteiger partial charge on any atom is -0.348 e. The van der Waals surface area contributed by atoms with Gasteiger partial charge in [0.2, 0.25) is 0 Å². The standard InChI is InChI=1S/C16H13BrN2O/c1-11-8-14(17)6-7-15(11)16(20)19-10-13-4-2-12(9-18)3-5-13/h2-8H,10H2,1H3,(H,19,20). The highest BCUT2D eigenvalue weighted by molar-refractivity contribution is 9.10. The molecule has 4 heteroatoms. The maximum absolute atomic E-state index is 12.1. The number of rotatable bonds is 3. The summed E-state index contributed by atoms with van der Waals surface area (Å²) < 4.78 is 0.957. The predicted octanol–water partition coefficient (Wildman–Crippen LogP) is 3.56. The van der Waals surface area contributed by atoms with Crippen LogP contribution in [0.1, 0.15) is 27.0 Å². The lowest BCUT2D eigenvalue weighted by Crippen LogP contribution is -2.23. The van der Waals surface area contributed by atoms with E-state index in [1.807, 2.05) is 31.2 Å². The van der Waals surface area contributed by atoms with Crippen molar-refractivity contribution in [2.45, 2.75) is 13.5 Å². The Hall–Kier alpha value is -2.12. The van der Waals surface area contributed by atoms with Gasteiger partial charge in [-0.15, -0.1) is 0 Å². The quantitative estimate of drug-likeness (QED) is 0.936. The van der Waals surface area contributed by atoms with Crippen LogP contribution in [0.15, 0.2) is 46.9 Å². The lowest BCUT2D eigenvalue weighted by molar-refractivity contribution is 0.0950. The zero-order valence-corrected chi connectivity index (χ0v) is 12.6. The monoisotopic (exact) mass is 328 g/mol. The van der Waals surface area contributed by atoms with E-state index in [4.69, 9.17) is 5.26 Å². The summed E-state index contributed by atoms with van der Waals surface area (Å²) in [5.74, 6) is -0.0978. The average Bonchev–Trinajstić information content (AvgIpc) is 2.45. The molecule has 0 fully saturated rings. The maximum Gasteiger partial charge on any atom is 0.251 e. The van der Waals surface area contributed by atoms with Gasteiger partial charge in [0.25, 0.3) is 5.91 Å². The van der Waals surface area contributed by atoms with Gasteiger partial charge in [-0.1, -0.05) is 28.1 Å². The molecule has 0 spiro atoms. The fraction of sp³-hybridized carbons (Fsp3) is 0.125. The summed E-state index contributed by atoms with van der Waals surface area (Å²) in [5, 5.41) is 11.6. The lowest BCUT2D eigenvalue weighted by atomic mass is 10.1. The Morgan fingerprint density at radius 1 is 1.25 bits per heavy atom. The zero-order valence-electron chi connectivity index (χ0n) is 11.0. The average molecular weight is 329 g/mol. The van der Waals surface area contributed by atoms with Crippen molar-refractivity contribution in [1.82, 2.24) is 5.32 Å². The number of nitriles is 1. The summed E-state index contributed by atoms with van der Waals surface area (Å²) in [6.07, 6.45) is 0. The molecule has 0 aliphatic rings. The summed E-state index contributed by atoms with van der Waals surface area (Å²) in [4.78, 5) is 12.1. The molecule has 0 unspecified atom stereocenters. The molecule has 2 rings (SSSR count). The molecule has 0 radical (unpaired) electrons. The van der Waals surface area contributed by atoms with Gasteiger partial charge in [-0.25, -0.2) is 0 Å². The third kappa shape index (κ3) is 3.46. The second-order valence-electron chi connectivity index (χ2n) is 4.45. The van der Waals surface area contributed by atoms with E-state index in [-0.39, 0.29) is 5.91 Å². The molecule has 0 bridgehead atoms. The van der Waals surface area contributed by atoms with Gasteiger partial charge in [-0.2, -0.15) is 5.26 Å². The molecule has 0 saturated carbocycles. The van der Waals surface area contributed by atoms with Crippen molar-refractivity contribution < 1.29 is 4.79 Å². The second kappa shape index (κ2) is 6.36. The molecule has 100 valence electrons. The van der Waals surface area contributed by atoms with Crippen LogP contribution in [-0.4, -0.2) is 5.91 Å². The minimum absolute atomic E-state index is 0.0978. The molecule has 2 aromatic rings. The van der Waals surface area contributed by atoms with Crippen molar-refractivity contribution in [2.75, 3.05) is 0 Å². The topological polar surface area (TPSA) is 52.9 Å². The largest absolute Gasteiger partial charge is 0.348 e. The van der Waals surface area contributed by atoms with Gasteiger partial charge in [0, 0.05) is 16.6 Å². The van der Waals surface area contributed by atoms with Crippen LogP contribution in [0.25, 0.3) is 0 Å². The van der Waals surface area contributed by atoms with E-state index in [0.29, 0.717) is 17.7 Å². The number of aryl methyl sites for hydroxylation is 1. The van der Waals surface area contributed by atoms with Gasteiger partial charge in [0.1, 0.15) is 0 Å². The van der Waals surface area contributed by atoms with Crippen LogP contribution in [0, 0.1) is 18.3 Å². The number of nitrogens with one attached hydrogen (secondary N) is 1. The molecular formula is C16H13BrN2O. The maximum atomic E-state index is 12.1. The van der Waals surface area contributed by atoms with Gasteiger partial charge < -0.3 is 5.32 Å². The lowest BCUT2D eigenvalue weighted by Gasteiger charge is -2.08. The number of hydrogen-bond acceptors (Lipinski definition) is 2. The third-order valence-corrected chi connectivity index (χ3v) is 3.46. The number of amides is 1. The van der Waals surface area contributed by atoms with Crippen molar-refractivity contribution in [3.05, 3.63) is 69.2 Å². The molecule has 1 amide bonds. The van der Waals surface area contributed by atoms with Crippen LogP contribution in [-0.2, 0) is 6.54 Å². The Balaban J connectivity index is 2.03. The van der Waals surface area contributed by atoms with E-state index in [2.05, 4.69) is 27.3 Å². The van der Waals surface area contributed by atoms with E-state index in [0.717, 1.165) is 15.6 Å². The molecule has 0 aromatic heterocycles. The molecular weight excluding hydrogens is 316 g/mol. The van der Waals surface area contributed by atoms with E-state index < -0.39 is 0 Å². The molecule has 2 aromatic carbocycles. The van der Waals surface area contributed by atoms with E-state index in [1.165, 1.54) is 0 Å². The summed E-state index contributed by atoms with van der Waals surface area (Å²) in [6.45, 7) is 2.35. The Morgan fingerprint density at radius 2 is 1.95 bits per heavy atom. The fourth-order valence-electron chi connectivity index (χ4n) is 1.86. The molecule has 0 saturated heterocycles. The van der Waals surface area contributed by atoms with E-state index in [1.54, 1.807) is 18.2 Å². The molecule has 0 aliphatic heterocycles. The minimum atomic E-state index is -0.0978. The predicted molar refractivity (Wildman–Crippen MR) is 81.2 cm³/mol. The van der Waals surface area contributed by atoms with Crippen molar-refractivity contribution >= 4 is 21.8 Å². The smallest absolute Gasteiger partial charge is 0.251 e. The van der Waals surface area contributed by atoms with Gasteiger partial charge in [-0.05, 0) is 48.4 Å². The number of carbonyl (C=O) groups excluding carboxylic acids is 1. The van der Waals surface area contributed by atoms with E-state index >= 15 is 0 Å². The van der Waals surface area contributed by atoms with Crippen LogP contribution < -0.4 is 5.32 Å². The van der Waals surface area contributed by atoms with Crippen molar-refractivity contribution in [2.24, 2.45) is 0 Å². The number of halogens is 1. The van der Waals surface area contributed by atoms with Gasteiger partial charge in [-0.3, -0.25) is 4.79 Å². The Kier molecular flexibility index (Phi) is 4.54. The Bertz CT molecular complexity index is 672. The highest BCUT2D eigenvalue weighted by Crippen LogP contribution is 2.16. The molecule has 0 atom stereocenters. The van der Waals surface area contributed by atoms with Crippen LogP contribution in [0.2, 0.25) is 0 Å². The highest BCUT2D eigenvalue weighted by Gasteiger charge is 2.08. The summed E-state index contributed by atoms with van der Waals surface area (Å²) in [7, 11) is 0. The molecule has 3 nitrogen and oxygen atoms in total. The first-order valence-corrected chi connectivity index (χ1v) is 6.93. The fourth-order valence-corrected chi connectivity index (χ4v) is 2.33. The van der Waals surface area contributed by atoms with Gasteiger partial charge in [0.05, 0.1) is 11.6 Å². The third-order valence-electron chi connectivity index (χ3n) is 2.97. The van der Waals surface area contributed by atoms with Crippen LogP contribution in [0.5, 0.6) is 0 Å². The highest BCUT2D eigenvalue weighted by atomic mass is 79.9. The Morgan fingerprint density at radius 3 is 2.55 bits per heavy atom. The van der Waals surface area contributed by atoms with Crippen LogP contribution in [0.3, 0.4) is 0 Å². The van der Waals surface area contributed by atoms with Gasteiger partial charge >= 0.3 is 0 Å². The van der Waals surface area contributed by atoms with Crippen LogP contribution in [0.4, 0.5) is 0 Å². The number of benzene rings is 2. The molecule has 1 N–H and O–H groups in total. The van der Waals surface area contributed by atoms with E-state index in [9.17, 15) is 4.79 Å². The van der Waals surface area contributed by atoms with Crippen molar-refractivity contribution in [3.63, 3.8) is 0 Å². The zero-order chi connectivity index (χ0) is 14.5. The summed E-state index contributed by atoms with van der Waals surface area (Å²) in [5.41, 5.74) is 3.18. The molecule has 0 aliphatic carbocycles. The number of nitrogens with zero attached hydrogens (tertiary/aromatic N) is 1. The second-order valence-corrected chi connectivity index (χ2v) is 5.37. The first kappa shape index (κ1) is 14.3. The normalized spacial score (nSPS) is 9.85.